The van der Waals surface area contributed by atoms with Gasteiger partial charge in [0.05, 0.1) is 0 Å². The van der Waals surface area contributed by atoms with Gasteiger partial charge in [-0.2, -0.15) is 0 Å². The number of rotatable bonds is 8. The summed E-state index contributed by atoms with van der Waals surface area (Å²) in [6.07, 6.45) is 2.74. The van der Waals surface area contributed by atoms with Gasteiger partial charge in [0.2, 0.25) is 0 Å². The van der Waals surface area contributed by atoms with Gasteiger partial charge in [0.15, 0.2) is 0 Å². The number of pyridine rings is 1. The number of amides is 1. The summed E-state index contributed by atoms with van der Waals surface area (Å²) in [6.45, 7) is 5.19. The van der Waals surface area contributed by atoms with Crippen molar-refractivity contribution in [1.29, 1.82) is 0 Å². The summed E-state index contributed by atoms with van der Waals surface area (Å²) in [7, 11) is 2.08. The SMILES string of the molecule is CN(CCCNC(=O)c1ccc2ccnc(N3CCN(c4ccccc4)CC3)c2c1)c1ccccc1. The van der Waals surface area contributed by atoms with Crippen molar-refractivity contribution in [2.24, 2.45) is 0 Å². The standard InChI is InChI=1S/C30H33N5O/c1-33(26-9-4-2-5-10-26)18-8-16-32-30(36)25-14-13-24-15-17-31-29(28(24)23-25)35-21-19-34(20-22-35)27-11-6-3-7-12-27/h2-7,9-15,17,23H,8,16,18-22H2,1H3,(H,32,36). The summed E-state index contributed by atoms with van der Waals surface area (Å²) >= 11 is 0. The largest absolute Gasteiger partial charge is 0.375 e. The zero-order valence-corrected chi connectivity index (χ0v) is 20.8. The fourth-order valence-corrected chi connectivity index (χ4v) is 4.79. The van der Waals surface area contributed by atoms with Crippen LogP contribution in [0.25, 0.3) is 10.8 Å². The third-order valence-electron chi connectivity index (χ3n) is 6.86. The fraction of sp³-hybridized carbons (Fsp3) is 0.267. The van der Waals surface area contributed by atoms with Crippen LogP contribution in [0.4, 0.5) is 17.2 Å². The molecule has 36 heavy (non-hydrogen) atoms. The summed E-state index contributed by atoms with van der Waals surface area (Å²) in [5.74, 6) is 0.919. The van der Waals surface area contributed by atoms with Crippen LogP contribution in [0.5, 0.6) is 0 Å². The van der Waals surface area contributed by atoms with Crippen molar-refractivity contribution >= 4 is 33.9 Å². The van der Waals surface area contributed by atoms with Gasteiger partial charge in [-0.25, -0.2) is 4.98 Å². The number of para-hydroxylation sites is 2. The van der Waals surface area contributed by atoms with E-state index in [2.05, 4.69) is 69.5 Å². The monoisotopic (exact) mass is 479 g/mol. The molecule has 6 nitrogen and oxygen atoms in total. The van der Waals surface area contributed by atoms with Gasteiger partial charge in [-0.15, -0.1) is 0 Å². The molecule has 0 spiro atoms. The molecule has 0 unspecified atom stereocenters. The smallest absolute Gasteiger partial charge is 0.251 e. The highest BCUT2D eigenvalue weighted by Crippen LogP contribution is 2.27. The Hall–Kier alpha value is -4.06. The van der Waals surface area contributed by atoms with Crippen LogP contribution in [0, 0.1) is 0 Å². The molecular weight excluding hydrogens is 446 g/mol. The Morgan fingerprint density at radius 3 is 2.33 bits per heavy atom. The molecule has 0 saturated carbocycles. The lowest BCUT2D eigenvalue weighted by molar-refractivity contribution is 0.0953. The second-order valence-electron chi connectivity index (χ2n) is 9.25. The van der Waals surface area contributed by atoms with E-state index >= 15 is 0 Å². The molecule has 1 fully saturated rings. The quantitative estimate of drug-likeness (QED) is 0.367. The van der Waals surface area contributed by atoms with E-state index < -0.39 is 0 Å². The van der Waals surface area contributed by atoms with Gasteiger partial charge >= 0.3 is 0 Å². The normalized spacial score (nSPS) is 13.6. The van der Waals surface area contributed by atoms with Crippen molar-refractivity contribution < 1.29 is 4.79 Å². The Bertz CT molecular complexity index is 1290. The van der Waals surface area contributed by atoms with Crippen LogP contribution in [0.3, 0.4) is 0 Å². The van der Waals surface area contributed by atoms with E-state index in [1.165, 1.54) is 11.4 Å². The number of carbonyl (C=O) groups excluding carboxylic acids is 1. The first kappa shape index (κ1) is 23.7. The topological polar surface area (TPSA) is 51.7 Å². The van der Waals surface area contributed by atoms with Gasteiger partial charge in [-0.05, 0) is 54.3 Å². The maximum atomic E-state index is 12.9. The molecule has 1 amide bonds. The molecule has 4 aromatic rings. The summed E-state index contributed by atoms with van der Waals surface area (Å²) in [5, 5.41) is 5.22. The number of carbonyl (C=O) groups is 1. The minimum absolute atomic E-state index is 0.0389. The van der Waals surface area contributed by atoms with E-state index in [1.807, 2.05) is 48.7 Å². The number of anilines is 3. The van der Waals surface area contributed by atoms with E-state index in [4.69, 9.17) is 4.98 Å². The van der Waals surface area contributed by atoms with Crippen LogP contribution < -0.4 is 20.0 Å². The van der Waals surface area contributed by atoms with Crippen LogP contribution in [0.1, 0.15) is 16.8 Å². The lowest BCUT2D eigenvalue weighted by Gasteiger charge is -2.37. The van der Waals surface area contributed by atoms with Crippen LogP contribution in [0.2, 0.25) is 0 Å². The van der Waals surface area contributed by atoms with Crippen LogP contribution >= 0.6 is 0 Å². The molecule has 1 aromatic heterocycles. The number of fused-ring (bicyclic) bond motifs is 1. The zero-order valence-electron chi connectivity index (χ0n) is 20.8. The van der Waals surface area contributed by atoms with Crippen molar-refractivity contribution in [2.45, 2.75) is 6.42 Å². The maximum absolute atomic E-state index is 12.9. The number of benzene rings is 3. The molecule has 0 aliphatic carbocycles. The molecule has 0 radical (unpaired) electrons. The predicted octanol–water partition coefficient (Wildman–Crippen LogP) is 4.82. The summed E-state index contributed by atoms with van der Waals surface area (Å²) in [4.78, 5) is 24.6. The Labute approximate surface area is 213 Å². The van der Waals surface area contributed by atoms with Gasteiger partial charge in [0.25, 0.3) is 5.91 Å². The lowest BCUT2D eigenvalue weighted by Crippen LogP contribution is -2.46. The first-order chi connectivity index (χ1) is 17.7. The second kappa shape index (κ2) is 11.1. The van der Waals surface area contributed by atoms with Crippen molar-refractivity contribution in [1.82, 2.24) is 10.3 Å². The van der Waals surface area contributed by atoms with Crippen molar-refractivity contribution in [2.75, 3.05) is 61.0 Å². The average molecular weight is 480 g/mol. The molecule has 0 bridgehead atoms. The second-order valence-corrected chi connectivity index (χ2v) is 9.25. The molecule has 2 heterocycles. The van der Waals surface area contributed by atoms with Crippen molar-refractivity contribution in [3.63, 3.8) is 0 Å². The number of piperazine rings is 1. The first-order valence-electron chi connectivity index (χ1n) is 12.7. The molecule has 1 aliphatic rings. The summed E-state index contributed by atoms with van der Waals surface area (Å²) < 4.78 is 0. The summed E-state index contributed by atoms with van der Waals surface area (Å²) in [6, 6.07) is 28.8. The minimum atomic E-state index is -0.0389. The third kappa shape index (κ3) is 5.43. The zero-order chi connectivity index (χ0) is 24.7. The highest BCUT2D eigenvalue weighted by atomic mass is 16.1. The number of aromatic nitrogens is 1. The van der Waals surface area contributed by atoms with Crippen molar-refractivity contribution in [3.8, 4) is 0 Å². The first-order valence-corrected chi connectivity index (χ1v) is 12.7. The molecule has 1 aliphatic heterocycles. The van der Waals surface area contributed by atoms with E-state index in [9.17, 15) is 4.79 Å². The van der Waals surface area contributed by atoms with Crippen LogP contribution in [0.15, 0.2) is 91.1 Å². The van der Waals surface area contributed by atoms with Gasteiger partial charge in [-0.3, -0.25) is 4.79 Å². The third-order valence-corrected chi connectivity index (χ3v) is 6.86. The maximum Gasteiger partial charge on any atom is 0.251 e. The molecule has 0 atom stereocenters. The number of nitrogens with one attached hydrogen (secondary N) is 1. The fourth-order valence-electron chi connectivity index (χ4n) is 4.79. The van der Waals surface area contributed by atoms with Crippen LogP contribution in [-0.4, -0.2) is 57.2 Å². The molecule has 6 heteroatoms. The molecule has 184 valence electrons. The van der Waals surface area contributed by atoms with Crippen molar-refractivity contribution in [3.05, 3.63) is 96.7 Å². The number of hydrogen-bond donors (Lipinski definition) is 1. The molecule has 1 saturated heterocycles. The molecule has 3 aromatic carbocycles. The highest BCUT2D eigenvalue weighted by Gasteiger charge is 2.20. The van der Waals surface area contributed by atoms with Crippen LogP contribution in [-0.2, 0) is 0 Å². The Kier molecular flexibility index (Phi) is 7.31. The minimum Gasteiger partial charge on any atom is -0.375 e. The number of nitrogens with zero attached hydrogens (tertiary/aromatic N) is 4. The van der Waals surface area contributed by atoms with Gasteiger partial charge < -0.3 is 20.0 Å². The number of hydrogen-bond acceptors (Lipinski definition) is 5. The Morgan fingerprint density at radius 2 is 1.58 bits per heavy atom. The van der Waals surface area contributed by atoms with Gasteiger partial charge in [0.1, 0.15) is 5.82 Å². The highest BCUT2D eigenvalue weighted by molar-refractivity contribution is 6.01. The molecule has 5 rings (SSSR count). The molecule has 1 N–H and O–H groups in total. The van der Waals surface area contributed by atoms with Gasteiger partial charge in [-0.1, -0.05) is 42.5 Å². The van der Waals surface area contributed by atoms with E-state index in [-0.39, 0.29) is 5.91 Å². The van der Waals surface area contributed by atoms with Gasteiger partial charge in [0, 0.05) is 74.8 Å². The Morgan fingerprint density at radius 1 is 0.889 bits per heavy atom. The predicted molar refractivity (Wildman–Crippen MR) is 149 cm³/mol. The summed E-state index contributed by atoms with van der Waals surface area (Å²) in [5.41, 5.74) is 3.12. The van der Waals surface area contributed by atoms with E-state index in [0.717, 1.165) is 55.7 Å². The average Bonchev–Trinajstić information content (AvgIpc) is 2.95. The van der Waals surface area contributed by atoms with E-state index in [1.54, 1.807) is 0 Å². The Balaban J connectivity index is 1.21. The van der Waals surface area contributed by atoms with E-state index in [0.29, 0.717) is 12.1 Å². The molecular formula is C30H33N5O. The lowest BCUT2D eigenvalue weighted by atomic mass is 10.1.